The van der Waals surface area contributed by atoms with Gasteiger partial charge in [-0.2, -0.15) is 0 Å². The SMILES string of the molecule is COc1ccc(CCc2cc(C)c(C(=O)N(C)Cc3ncc[nH]3)c(=O)o2)cc1. The van der Waals surface area contributed by atoms with E-state index in [4.69, 9.17) is 9.15 Å². The lowest BCUT2D eigenvalue weighted by molar-refractivity contribution is 0.0776. The lowest BCUT2D eigenvalue weighted by Gasteiger charge is -2.16. The van der Waals surface area contributed by atoms with Crippen molar-refractivity contribution in [2.24, 2.45) is 0 Å². The molecule has 28 heavy (non-hydrogen) atoms. The highest BCUT2D eigenvalue weighted by Gasteiger charge is 2.21. The van der Waals surface area contributed by atoms with Gasteiger partial charge in [0.15, 0.2) is 0 Å². The number of methoxy groups -OCH3 is 1. The molecule has 0 unspecified atom stereocenters. The third-order valence-electron chi connectivity index (χ3n) is 4.52. The molecule has 0 radical (unpaired) electrons. The second kappa shape index (κ2) is 8.56. The fraction of sp³-hybridized carbons (Fsp3) is 0.286. The van der Waals surface area contributed by atoms with Crippen molar-refractivity contribution in [3.05, 3.63) is 81.4 Å². The van der Waals surface area contributed by atoms with Crippen LogP contribution in [0.15, 0.2) is 51.9 Å². The molecule has 1 N–H and O–H groups in total. The van der Waals surface area contributed by atoms with Gasteiger partial charge in [0.1, 0.15) is 22.9 Å². The van der Waals surface area contributed by atoms with Gasteiger partial charge < -0.3 is 19.0 Å². The molecule has 0 bridgehead atoms. The van der Waals surface area contributed by atoms with Crippen molar-refractivity contribution in [1.82, 2.24) is 14.9 Å². The molecular formula is C21H23N3O4. The maximum atomic E-state index is 12.7. The fourth-order valence-electron chi connectivity index (χ4n) is 2.98. The average molecular weight is 381 g/mol. The van der Waals surface area contributed by atoms with Crippen LogP contribution in [0.3, 0.4) is 0 Å². The number of H-pyrrole nitrogens is 1. The van der Waals surface area contributed by atoms with E-state index >= 15 is 0 Å². The number of carbonyl (C=O) groups is 1. The van der Waals surface area contributed by atoms with Crippen LogP contribution in [0, 0.1) is 6.92 Å². The number of hydrogen-bond acceptors (Lipinski definition) is 5. The summed E-state index contributed by atoms with van der Waals surface area (Å²) >= 11 is 0. The van der Waals surface area contributed by atoms with Gasteiger partial charge in [-0.1, -0.05) is 12.1 Å². The Morgan fingerprint density at radius 1 is 1.25 bits per heavy atom. The van der Waals surface area contributed by atoms with E-state index in [9.17, 15) is 9.59 Å². The van der Waals surface area contributed by atoms with E-state index in [-0.39, 0.29) is 18.0 Å². The van der Waals surface area contributed by atoms with Crippen LogP contribution in [0.1, 0.15) is 33.1 Å². The molecule has 0 aliphatic rings. The van der Waals surface area contributed by atoms with Gasteiger partial charge in [0.05, 0.1) is 13.7 Å². The number of ether oxygens (including phenoxy) is 1. The number of nitrogens with zero attached hydrogens (tertiary/aromatic N) is 2. The molecule has 3 rings (SSSR count). The Balaban J connectivity index is 1.71. The number of hydrogen-bond donors (Lipinski definition) is 1. The van der Waals surface area contributed by atoms with E-state index in [0.29, 0.717) is 23.6 Å². The Bertz CT molecular complexity index is 991. The minimum absolute atomic E-state index is 0.0576. The predicted molar refractivity (Wildman–Crippen MR) is 105 cm³/mol. The minimum Gasteiger partial charge on any atom is -0.497 e. The minimum atomic E-state index is -0.610. The van der Waals surface area contributed by atoms with Crippen molar-refractivity contribution < 1.29 is 13.9 Å². The molecule has 0 aliphatic carbocycles. The Morgan fingerprint density at radius 3 is 2.61 bits per heavy atom. The van der Waals surface area contributed by atoms with Gasteiger partial charge in [-0.3, -0.25) is 4.79 Å². The van der Waals surface area contributed by atoms with Crippen molar-refractivity contribution in [2.75, 3.05) is 14.2 Å². The molecule has 1 amide bonds. The van der Waals surface area contributed by atoms with Crippen LogP contribution in [0.5, 0.6) is 5.75 Å². The number of nitrogens with one attached hydrogen (secondary N) is 1. The third-order valence-corrected chi connectivity index (χ3v) is 4.52. The van der Waals surface area contributed by atoms with E-state index < -0.39 is 5.63 Å². The Hall–Kier alpha value is -3.35. The molecule has 0 atom stereocenters. The lowest BCUT2D eigenvalue weighted by Crippen LogP contribution is -2.31. The predicted octanol–water partition coefficient (Wildman–Crippen LogP) is 2.74. The summed E-state index contributed by atoms with van der Waals surface area (Å²) in [5, 5.41) is 0. The van der Waals surface area contributed by atoms with Crippen molar-refractivity contribution in [2.45, 2.75) is 26.3 Å². The lowest BCUT2D eigenvalue weighted by atomic mass is 10.1. The van der Waals surface area contributed by atoms with Gasteiger partial charge in [0.2, 0.25) is 0 Å². The summed E-state index contributed by atoms with van der Waals surface area (Å²) in [7, 11) is 3.25. The summed E-state index contributed by atoms with van der Waals surface area (Å²) in [6.45, 7) is 2.03. The van der Waals surface area contributed by atoms with Crippen molar-refractivity contribution >= 4 is 5.91 Å². The maximum Gasteiger partial charge on any atom is 0.349 e. The zero-order valence-corrected chi connectivity index (χ0v) is 16.2. The number of aryl methyl sites for hydroxylation is 3. The monoisotopic (exact) mass is 381 g/mol. The van der Waals surface area contributed by atoms with E-state index in [1.807, 2.05) is 24.3 Å². The largest absolute Gasteiger partial charge is 0.497 e. The zero-order chi connectivity index (χ0) is 20.1. The van der Waals surface area contributed by atoms with Crippen molar-refractivity contribution in [3.8, 4) is 5.75 Å². The van der Waals surface area contributed by atoms with Gasteiger partial charge in [-0.05, 0) is 42.7 Å². The first-order chi connectivity index (χ1) is 13.5. The molecule has 7 heteroatoms. The first kappa shape index (κ1) is 19.4. The molecule has 1 aromatic carbocycles. The second-order valence-corrected chi connectivity index (χ2v) is 6.60. The first-order valence-corrected chi connectivity index (χ1v) is 8.98. The molecule has 0 fully saturated rings. The maximum absolute atomic E-state index is 12.7. The number of amides is 1. The summed E-state index contributed by atoms with van der Waals surface area (Å²) in [5.41, 5.74) is 1.17. The van der Waals surface area contributed by atoms with Crippen LogP contribution in [0.2, 0.25) is 0 Å². The molecule has 146 valence electrons. The smallest absolute Gasteiger partial charge is 0.349 e. The van der Waals surface area contributed by atoms with Crippen LogP contribution in [0.25, 0.3) is 0 Å². The number of aromatic amines is 1. The first-order valence-electron chi connectivity index (χ1n) is 8.98. The van der Waals surface area contributed by atoms with Crippen LogP contribution in [-0.4, -0.2) is 34.9 Å². The number of aromatic nitrogens is 2. The number of carbonyl (C=O) groups excluding carboxylic acids is 1. The van der Waals surface area contributed by atoms with Gasteiger partial charge in [-0.25, -0.2) is 9.78 Å². The molecule has 0 saturated heterocycles. The van der Waals surface area contributed by atoms with E-state index in [1.54, 1.807) is 39.5 Å². The van der Waals surface area contributed by atoms with Gasteiger partial charge in [-0.15, -0.1) is 0 Å². The zero-order valence-electron chi connectivity index (χ0n) is 16.2. The summed E-state index contributed by atoms with van der Waals surface area (Å²) in [6.07, 6.45) is 4.59. The number of benzene rings is 1. The normalized spacial score (nSPS) is 10.7. The summed E-state index contributed by atoms with van der Waals surface area (Å²) in [4.78, 5) is 33.6. The number of imidazole rings is 1. The van der Waals surface area contributed by atoms with Crippen molar-refractivity contribution in [1.29, 1.82) is 0 Å². The Kier molecular flexibility index (Phi) is 5.93. The van der Waals surface area contributed by atoms with Crippen LogP contribution < -0.4 is 10.4 Å². The summed E-state index contributed by atoms with van der Waals surface area (Å²) in [5.74, 6) is 1.62. The third kappa shape index (κ3) is 4.49. The van der Waals surface area contributed by atoms with Gasteiger partial charge in [0, 0.05) is 25.9 Å². The Morgan fingerprint density at radius 2 is 2.00 bits per heavy atom. The van der Waals surface area contributed by atoms with Crippen molar-refractivity contribution in [3.63, 3.8) is 0 Å². The Labute approximate surface area is 163 Å². The molecule has 2 heterocycles. The van der Waals surface area contributed by atoms with Gasteiger partial charge >= 0.3 is 5.63 Å². The van der Waals surface area contributed by atoms with E-state index in [1.165, 1.54) is 4.90 Å². The van der Waals surface area contributed by atoms with Crippen LogP contribution in [0.4, 0.5) is 0 Å². The van der Waals surface area contributed by atoms with Gasteiger partial charge in [0.25, 0.3) is 5.91 Å². The molecule has 2 aromatic heterocycles. The highest BCUT2D eigenvalue weighted by atomic mass is 16.5. The molecule has 0 aliphatic heterocycles. The highest BCUT2D eigenvalue weighted by Crippen LogP contribution is 2.15. The second-order valence-electron chi connectivity index (χ2n) is 6.60. The molecule has 3 aromatic rings. The molecule has 0 saturated carbocycles. The van der Waals surface area contributed by atoms with E-state index in [0.717, 1.165) is 17.7 Å². The highest BCUT2D eigenvalue weighted by molar-refractivity contribution is 5.94. The molecule has 7 nitrogen and oxygen atoms in total. The van der Waals surface area contributed by atoms with Crippen LogP contribution >= 0.6 is 0 Å². The quantitative estimate of drug-likeness (QED) is 0.680. The molecule has 0 spiro atoms. The number of rotatable bonds is 7. The fourth-order valence-corrected chi connectivity index (χ4v) is 2.98. The molecular weight excluding hydrogens is 358 g/mol. The summed E-state index contributed by atoms with van der Waals surface area (Å²) < 4.78 is 10.6. The van der Waals surface area contributed by atoms with Crippen LogP contribution in [-0.2, 0) is 19.4 Å². The summed E-state index contributed by atoms with van der Waals surface area (Å²) in [6, 6.07) is 9.51. The topological polar surface area (TPSA) is 88.4 Å². The average Bonchev–Trinajstić information content (AvgIpc) is 3.19. The van der Waals surface area contributed by atoms with E-state index in [2.05, 4.69) is 9.97 Å². The standard InChI is InChI=1S/C21H23N3O4/c1-14-12-17(9-6-15-4-7-16(27-3)8-5-15)28-21(26)19(14)20(25)24(2)13-18-22-10-11-23-18/h4-5,7-8,10-12H,6,9,13H2,1-3H3,(H,22,23).